The first kappa shape index (κ1) is 8.55. The van der Waals surface area contributed by atoms with E-state index in [-0.39, 0.29) is 0 Å². The van der Waals surface area contributed by atoms with Crippen molar-refractivity contribution >= 4 is 53.9 Å². The molecule has 0 N–H and O–H groups in total. The van der Waals surface area contributed by atoms with Crippen LogP contribution in [0.5, 0.6) is 0 Å². The second kappa shape index (κ2) is 3.23. The van der Waals surface area contributed by atoms with Crippen molar-refractivity contribution in [3.8, 4) is 0 Å². The van der Waals surface area contributed by atoms with E-state index >= 15 is 0 Å². The summed E-state index contributed by atoms with van der Waals surface area (Å²) in [7, 11) is 0. The second-order valence-corrected chi connectivity index (χ2v) is 4.93. The highest BCUT2D eigenvalue weighted by Crippen LogP contribution is 2.32. The van der Waals surface area contributed by atoms with Crippen LogP contribution in [0.15, 0.2) is 7.87 Å². The van der Waals surface area contributed by atoms with Gasteiger partial charge in [-0.25, -0.2) is 4.79 Å². The monoisotopic (exact) mass is 334 g/mol. The van der Waals surface area contributed by atoms with Crippen LogP contribution in [0.2, 0.25) is 0 Å². The molecule has 0 aromatic heterocycles. The fraction of sp³-hybridized carbons (Fsp3) is 0.250. The maximum absolute atomic E-state index is 10.1. The van der Waals surface area contributed by atoms with Gasteiger partial charge in [-0.1, -0.05) is 0 Å². The molecule has 0 radical (unpaired) electrons. The molecule has 0 aliphatic carbocycles. The predicted octanol–water partition coefficient (Wildman–Crippen LogP) is 2.83. The van der Waals surface area contributed by atoms with Gasteiger partial charge < -0.3 is 9.47 Å². The molecule has 1 fully saturated rings. The average Bonchev–Trinajstić information content (AvgIpc) is 1.79. The SMILES string of the molecule is O=C1OC(C(Br)=C(Br)Br)O1. The van der Waals surface area contributed by atoms with Crippen molar-refractivity contribution in [1.82, 2.24) is 0 Å². The van der Waals surface area contributed by atoms with Crippen molar-refractivity contribution in [1.29, 1.82) is 0 Å². The summed E-state index contributed by atoms with van der Waals surface area (Å²) in [5, 5.41) is 0. The molecule has 1 heterocycles. The van der Waals surface area contributed by atoms with Gasteiger partial charge >= 0.3 is 6.16 Å². The largest absolute Gasteiger partial charge is 0.515 e. The molecule has 0 spiro atoms. The number of hydrogen-bond donors (Lipinski definition) is 0. The van der Waals surface area contributed by atoms with Crippen molar-refractivity contribution in [2.75, 3.05) is 0 Å². The molecule has 0 aromatic rings. The quantitative estimate of drug-likeness (QED) is 0.691. The molecule has 1 rings (SSSR count). The Kier molecular flexibility index (Phi) is 2.76. The maximum Gasteiger partial charge on any atom is 0.515 e. The van der Waals surface area contributed by atoms with Crippen molar-refractivity contribution < 1.29 is 14.3 Å². The van der Waals surface area contributed by atoms with Crippen LogP contribution in [0.4, 0.5) is 4.79 Å². The standard InChI is InChI=1S/C4HBr3O3/c5-1(2(6)7)3-9-4(8)10-3/h3H. The summed E-state index contributed by atoms with van der Waals surface area (Å²) in [6.07, 6.45) is -1.25. The van der Waals surface area contributed by atoms with Gasteiger partial charge in [-0.2, -0.15) is 0 Å². The zero-order chi connectivity index (χ0) is 7.72. The number of hydrogen-bond acceptors (Lipinski definition) is 3. The Hall–Kier alpha value is 0.450. The molecule has 3 nitrogen and oxygen atoms in total. The molecule has 1 aliphatic rings. The van der Waals surface area contributed by atoms with E-state index in [2.05, 4.69) is 57.3 Å². The Labute approximate surface area is 82.1 Å². The number of carbonyl (C=O) groups excluding carboxylic acids is 1. The lowest BCUT2D eigenvalue weighted by molar-refractivity contribution is -0.155. The number of carbonyl (C=O) groups is 1. The maximum atomic E-state index is 10.1. The van der Waals surface area contributed by atoms with Gasteiger partial charge in [-0.3, -0.25) is 0 Å². The van der Waals surface area contributed by atoms with Crippen molar-refractivity contribution in [3.05, 3.63) is 7.87 Å². The van der Waals surface area contributed by atoms with E-state index in [9.17, 15) is 4.79 Å². The van der Waals surface area contributed by atoms with Crippen LogP contribution in [0.25, 0.3) is 0 Å². The minimum atomic E-state index is -0.650. The number of ether oxygens (including phenoxy) is 2. The van der Waals surface area contributed by atoms with E-state index in [1.54, 1.807) is 0 Å². The van der Waals surface area contributed by atoms with Gasteiger partial charge in [-0.15, -0.1) is 0 Å². The summed E-state index contributed by atoms with van der Waals surface area (Å²) < 4.78 is 10.4. The van der Waals surface area contributed by atoms with E-state index in [0.717, 1.165) is 0 Å². The zero-order valence-electron chi connectivity index (χ0n) is 4.44. The summed E-state index contributed by atoms with van der Waals surface area (Å²) in [5.41, 5.74) is 0. The molecule has 1 saturated heterocycles. The smallest absolute Gasteiger partial charge is 0.388 e. The van der Waals surface area contributed by atoms with Crippen LogP contribution in [0.3, 0.4) is 0 Å². The minimum Gasteiger partial charge on any atom is -0.388 e. The first-order valence-electron chi connectivity index (χ1n) is 2.19. The third-order valence-corrected chi connectivity index (χ3v) is 3.48. The molecule has 10 heavy (non-hydrogen) atoms. The molecule has 0 bridgehead atoms. The summed E-state index contributed by atoms with van der Waals surface area (Å²) in [6, 6.07) is 0. The van der Waals surface area contributed by atoms with E-state index in [1.807, 2.05) is 0 Å². The molecule has 6 heteroatoms. The van der Waals surface area contributed by atoms with Gasteiger partial charge in [0.1, 0.15) is 0 Å². The molecule has 0 unspecified atom stereocenters. The van der Waals surface area contributed by atoms with E-state index in [1.165, 1.54) is 0 Å². The summed E-state index contributed by atoms with van der Waals surface area (Å²) in [4.78, 5) is 10.1. The highest BCUT2D eigenvalue weighted by Gasteiger charge is 2.33. The summed E-state index contributed by atoms with van der Waals surface area (Å²) in [6.45, 7) is 0. The van der Waals surface area contributed by atoms with E-state index < -0.39 is 12.4 Å². The van der Waals surface area contributed by atoms with Crippen molar-refractivity contribution in [2.45, 2.75) is 6.29 Å². The van der Waals surface area contributed by atoms with E-state index in [4.69, 9.17) is 0 Å². The third-order valence-electron chi connectivity index (χ3n) is 0.794. The molecular formula is C4HBr3O3. The van der Waals surface area contributed by atoms with Crippen LogP contribution in [-0.4, -0.2) is 12.4 Å². The average molecular weight is 337 g/mol. The van der Waals surface area contributed by atoms with Gasteiger partial charge in [0.05, 0.1) is 7.87 Å². The molecule has 0 saturated carbocycles. The zero-order valence-corrected chi connectivity index (χ0v) is 9.19. The Morgan fingerprint density at radius 1 is 1.30 bits per heavy atom. The highest BCUT2D eigenvalue weighted by atomic mass is 79.9. The Morgan fingerprint density at radius 3 is 2.10 bits per heavy atom. The Balaban J connectivity index is 2.53. The van der Waals surface area contributed by atoms with Gasteiger partial charge in [-0.05, 0) is 47.8 Å². The topological polar surface area (TPSA) is 35.5 Å². The predicted molar refractivity (Wildman–Crippen MR) is 45.2 cm³/mol. The normalized spacial score (nSPS) is 16.9. The Morgan fingerprint density at radius 2 is 1.80 bits per heavy atom. The van der Waals surface area contributed by atoms with Crippen LogP contribution < -0.4 is 0 Å². The number of rotatable bonds is 1. The first-order valence-corrected chi connectivity index (χ1v) is 4.57. The lowest BCUT2D eigenvalue weighted by atomic mass is 10.6. The van der Waals surface area contributed by atoms with E-state index in [0.29, 0.717) is 7.87 Å². The molecular weight excluding hydrogens is 336 g/mol. The molecule has 1 aliphatic heterocycles. The van der Waals surface area contributed by atoms with Gasteiger partial charge in [0.15, 0.2) is 0 Å². The third kappa shape index (κ3) is 1.73. The van der Waals surface area contributed by atoms with Crippen LogP contribution in [-0.2, 0) is 9.47 Å². The molecule has 0 atom stereocenters. The second-order valence-electron chi connectivity index (χ2n) is 1.43. The van der Waals surface area contributed by atoms with Crippen molar-refractivity contribution in [2.24, 2.45) is 0 Å². The fourth-order valence-corrected chi connectivity index (χ4v) is 0.937. The molecule has 0 aromatic carbocycles. The Bertz CT molecular complexity index is 188. The van der Waals surface area contributed by atoms with Gasteiger partial charge in [0.2, 0.25) is 0 Å². The number of cyclic esters (lactones) is 2. The molecule has 56 valence electrons. The van der Waals surface area contributed by atoms with Crippen LogP contribution >= 0.6 is 47.8 Å². The van der Waals surface area contributed by atoms with Crippen LogP contribution in [0, 0.1) is 0 Å². The molecule has 0 amide bonds. The summed E-state index contributed by atoms with van der Waals surface area (Å²) >= 11 is 9.36. The number of halogens is 3. The lowest BCUT2D eigenvalue weighted by Crippen LogP contribution is -2.35. The fourth-order valence-electron chi connectivity index (χ4n) is 0.376. The van der Waals surface area contributed by atoms with Crippen molar-refractivity contribution in [3.63, 3.8) is 0 Å². The minimum absolute atomic E-state index is 0.596. The summed E-state index contributed by atoms with van der Waals surface area (Å²) in [5.74, 6) is 0. The van der Waals surface area contributed by atoms with Crippen LogP contribution in [0.1, 0.15) is 0 Å². The first-order chi connectivity index (χ1) is 4.61. The highest BCUT2D eigenvalue weighted by molar-refractivity contribution is 9.29. The lowest BCUT2D eigenvalue weighted by Gasteiger charge is -2.24. The van der Waals surface area contributed by atoms with Gasteiger partial charge in [0, 0.05) is 0 Å². The van der Waals surface area contributed by atoms with Gasteiger partial charge in [0.25, 0.3) is 6.29 Å².